The first-order valence-corrected chi connectivity index (χ1v) is 9.59. The summed E-state index contributed by atoms with van der Waals surface area (Å²) in [5.74, 6) is -0.147. The van der Waals surface area contributed by atoms with Crippen LogP contribution in [0, 0.1) is 0 Å². The number of ether oxygens (including phenoxy) is 1. The number of benzene rings is 1. The molecule has 1 aromatic heterocycles. The molecule has 26 heavy (non-hydrogen) atoms. The minimum absolute atomic E-state index is 0.0153. The van der Waals surface area contributed by atoms with Gasteiger partial charge in [0.2, 0.25) is 0 Å². The van der Waals surface area contributed by atoms with Gasteiger partial charge in [0.15, 0.2) is 0 Å². The molecular weight excluding hydrogens is 352 g/mol. The molecule has 0 radical (unpaired) electrons. The van der Waals surface area contributed by atoms with Crippen molar-refractivity contribution in [1.82, 2.24) is 9.88 Å². The molecule has 7 heteroatoms. The van der Waals surface area contributed by atoms with Gasteiger partial charge in [-0.05, 0) is 49.9 Å². The number of nitrogens with zero attached hydrogens (tertiary/aromatic N) is 2. The van der Waals surface area contributed by atoms with E-state index >= 15 is 0 Å². The number of methoxy groups -OCH3 is 1. The maximum atomic E-state index is 12.9. The highest BCUT2D eigenvalue weighted by atomic mass is 32.1. The van der Waals surface area contributed by atoms with Gasteiger partial charge in [0, 0.05) is 30.0 Å². The van der Waals surface area contributed by atoms with E-state index in [0.717, 1.165) is 35.6 Å². The summed E-state index contributed by atoms with van der Waals surface area (Å²) in [4.78, 5) is 30.1. The van der Waals surface area contributed by atoms with Crippen molar-refractivity contribution in [1.29, 1.82) is 0 Å². The predicted octanol–water partition coefficient (Wildman–Crippen LogP) is 3.68. The van der Waals surface area contributed by atoms with E-state index in [-0.39, 0.29) is 18.4 Å². The van der Waals surface area contributed by atoms with Gasteiger partial charge in [0.25, 0.3) is 5.91 Å². The Hall–Kier alpha value is -2.41. The van der Waals surface area contributed by atoms with Crippen LogP contribution >= 0.6 is 11.3 Å². The normalized spacial score (nSPS) is 17.1. The van der Waals surface area contributed by atoms with Crippen LogP contribution in [0.5, 0.6) is 5.75 Å². The van der Waals surface area contributed by atoms with E-state index < -0.39 is 5.97 Å². The average molecular weight is 374 g/mol. The maximum Gasteiger partial charge on any atom is 0.303 e. The van der Waals surface area contributed by atoms with Crippen molar-refractivity contribution in [2.24, 2.45) is 0 Å². The molecule has 0 saturated carbocycles. The molecule has 0 spiro atoms. The fourth-order valence-corrected chi connectivity index (χ4v) is 4.04. The van der Waals surface area contributed by atoms with Gasteiger partial charge in [-0.15, -0.1) is 11.3 Å². The van der Waals surface area contributed by atoms with E-state index in [4.69, 9.17) is 9.84 Å². The Balaban J connectivity index is 1.74. The number of hydrogen-bond acceptors (Lipinski definition) is 5. The lowest BCUT2D eigenvalue weighted by Gasteiger charge is -2.35. The monoisotopic (exact) mass is 374 g/mol. The highest BCUT2D eigenvalue weighted by molar-refractivity contribution is 7.13. The zero-order valence-corrected chi connectivity index (χ0v) is 15.5. The summed E-state index contributed by atoms with van der Waals surface area (Å²) in [7, 11) is 1.62. The SMILES string of the molecule is COc1ccc(-c2nc(C(=O)N3CCCCC3CCC(=O)O)cs2)cc1. The van der Waals surface area contributed by atoms with Crippen LogP contribution in [0.4, 0.5) is 0 Å². The number of carbonyl (C=O) groups excluding carboxylic acids is 1. The molecule has 0 bridgehead atoms. The highest BCUT2D eigenvalue weighted by Gasteiger charge is 2.29. The van der Waals surface area contributed by atoms with Crippen molar-refractivity contribution in [3.63, 3.8) is 0 Å². The molecule has 3 rings (SSSR count). The molecule has 138 valence electrons. The van der Waals surface area contributed by atoms with E-state index in [9.17, 15) is 9.59 Å². The summed E-state index contributed by atoms with van der Waals surface area (Å²) in [6.07, 6.45) is 3.42. The summed E-state index contributed by atoms with van der Waals surface area (Å²) in [5.41, 5.74) is 1.37. The summed E-state index contributed by atoms with van der Waals surface area (Å²) >= 11 is 1.43. The maximum absolute atomic E-state index is 12.9. The fraction of sp³-hybridized carbons (Fsp3) is 0.421. The predicted molar refractivity (Wildman–Crippen MR) is 99.6 cm³/mol. The zero-order chi connectivity index (χ0) is 18.5. The quantitative estimate of drug-likeness (QED) is 0.834. The number of rotatable bonds is 6. The molecule has 1 unspecified atom stereocenters. The molecule has 1 N–H and O–H groups in total. The smallest absolute Gasteiger partial charge is 0.303 e. The third kappa shape index (κ3) is 4.22. The number of likely N-dealkylation sites (tertiary alicyclic amines) is 1. The number of hydrogen-bond donors (Lipinski definition) is 1. The van der Waals surface area contributed by atoms with Crippen LogP contribution in [-0.2, 0) is 4.79 Å². The number of carboxylic acids is 1. The minimum atomic E-state index is -0.821. The van der Waals surface area contributed by atoms with E-state index in [1.807, 2.05) is 24.3 Å². The molecule has 1 aliphatic heterocycles. The third-order valence-corrected chi connectivity index (χ3v) is 5.53. The van der Waals surface area contributed by atoms with Gasteiger partial charge in [-0.3, -0.25) is 9.59 Å². The number of carbonyl (C=O) groups is 2. The van der Waals surface area contributed by atoms with Crippen LogP contribution in [0.25, 0.3) is 10.6 Å². The lowest BCUT2D eigenvalue weighted by atomic mass is 9.97. The highest BCUT2D eigenvalue weighted by Crippen LogP contribution is 2.28. The first kappa shape index (κ1) is 18.4. The van der Waals surface area contributed by atoms with Crippen molar-refractivity contribution in [2.75, 3.05) is 13.7 Å². The van der Waals surface area contributed by atoms with Crippen molar-refractivity contribution in [2.45, 2.75) is 38.1 Å². The van der Waals surface area contributed by atoms with Gasteiger partial charge in [-0.25, -0.2) is 4.98 Å². The molecule has 2 aromatic rings. The van der Waals surface area contributed by atoms with Gasteiger partial charge in [-0.1, -0.05) is 0 Å². The summed E-state index contributed by atoms with van der Waals surface area (Å²) in [5, 5.41) is 11.5. The number of carboxylic acid groups (broad SMARTS) is 1. The van der Waals surface area contributed by atoms with E-state index in [0.29, 0.717) is 18.7 Å². The van der Waals surface area contributed by atoms with Crippen LogP contribution in [0.3, 0.4) is 0 Å². The molecule has 1 fully saturated rings. The molecule has 6 nitrogen and oxygen atoms in total. The van der Waals surface area contributed by atoms with Gasteiger partial charge in [0.05, 0.1) is 7.11 Å². The van der Waals surface area contributed by atoms with Gasteiger partial charge in [-0.2, -0.15) is 0 Å². The Morgan fingerprint density at radius 2 is 2.08 bits per heavy atom. The van der Waals surface area contributed by atoms with Crippen molar-refractivity contribution >= 4 is 23.2 Å². The second kappa shape index (κ2) is 8.31. The minimum Gasteiger partial charge on any atom is -0.497 e. The molecule has 0 aliphatic carbocycles. The molecule has 1 amide bonds. The first-order chi connectivity index (χ1) is 12.6. The average Bonchev–Trinajstić information content (AvgIpc) is 3.16. The number of aliphatic carboxylic acids is 1. The van der Waals surface area contributed by atoms with E-state index in [1.54, 1.807) is 17.4 Å². The standard InChI is InChI=1S/C19H22N2O4S/c1-25-15-8-5-13(6-9-15)18-20-16(12-26-18)19(24)21-11-3-2-4-14(21)7-10-17(22)23/h5-6,8-9,12,14H,2-4,7,10-11H2,1H3,(H,22,23). The van der Waals surface area contributed by atoms with E-state index in [1.165, 1.54) is 11.3 Å². The Kier molecular flexibility index (Phi) is 5.88. The van der Waals surface area contributed by atoms with Crippen molar-refractivity contribution < 1.29 is 19.4 Å². The summed E-state index contributed by atoms with van der Waals surface area (Å²) < 4.78 is 5.16. The van der Waals surface area contributed by atoms with Gasteiger partial charge >= 0.3 is 5.97 Å². The number of aromatic nitrogens is 1. The molecule has 1 aromatic carbocycles. The topological polar surface area (TPSA) is 79.7 Å². The van der Waals surface area contributed by atoms with E-state index in [2.05, 4.69) is 4.98 Å². The summed E-state index contributed by atoms with van der Waals surface area (Å²) in [6.45, 7) is 0.665. The molecule has 1 aliphatic rings. The van der Waals surface area contributed by atoms with Gasteiger partial charge in [0.1, 0.15) is 16.5 Å². The lowest BCUT2D eigenvalue weighted by molar-refractivity contribution is -0.137. The largest absolute Gasteiger partial charge is 0.497 e. The van der Waals surface area contributed by atoms with Crippen molar-refractivity contribution in [3.8, 4) is 16.3 Å². The Morgan fingerprint density at radius 1 is 1.31 bits per heavy atom. The molecule has 1 saturated heterocycles. The van der Waals surface area contributed by atoms with Crippen molar-refractivity contribution in [3.05, 3.63) is 35.3 Å². The number of amides is 1. The van der Waals surface area contributed by atoms with Crippen LogP contribution in [0.15, 0.2) is 29.6 Å². The van der Waals surface area contributed by atoms with Gasteiger partial charge < -0.3 is 14.7 Å². The molecular formula is C19H22N2O4S. The van der Waals surface area contributed by atoms with Crippen LogP contribution < -0.4 is 4.74 Å². The zero-order valence-electron chi connectivity index (χ0n) is 14.7. The lowest BCUT2D eigenvalue weighted by Crippen LogP contribution is -2.44. The fourth-order valence-electron chi connectivity index (χ4n) is 3.24. The first-order valence-electron chi connectivity index (χ1n) is 8.71. The summed E-state index contributed by atoms with van der Waals surface area (Å²) in [6, 6.07) is 7.55. The number of piperidine rings is 1. The third-order valence-electron chi connectivity index (χ3n) is 4.64. The Bertz CT molecular complexity index is 772. The molecule has 1 atom stereocenters. The Labute approximate surface area is 156 Å². The Morgan fingerprint density at radius 3 is 2.77 bits per heavy atom. The number of thiazole rings is 1. The molecule has 2 heterocycles. The second-order valence-corrected chi connectivity index (χ2v) is 7.21. The van der Waals surface area contributed by atoms with Crippen LogP contribution in [-0.4, -0.2) is 46.6 Å². The van der Waals surface area contributed by atoms with Crippen LogP contribution in [0.2, 0.25) is 0 Å². The van der Waals surface area contributed by atoms with Crippen LogP contribution in [0.1, 0.15) is 42.6 Å². The second-order valence-electron chi connectivity index (χ2n) is 6.35.